The topological polar surface area (TPSA) is 75.1 Å². The molecule has 0 aromatic carbocycles. The van der Waals surface area contributed by atoms with Crippen LogP contribution in [0.1, 0.15) is 28.2 Å². The number of aliphatic hydroxyl groups excluding tert-OH is 1. The Labute approximate surface area is 86.3 Å². The molecule has 5 nitrogen and oxygen atoms in total. The monoisotopic (exact) mass is 215 g/mol. The van der Waals surface area contributed by atoms with Gasteiger partial charge in [-0.1, -0.05) is 4.49 Å². The second-order valence-corrected chi connectivity index (χ2v) is 3.63. The quantitative estimate of drug-likeness (QED) is 0.695. The zero-order chi connectivity index (χ0) is 10.4. The van der Waals surface area contributed by atoms with Gasteiger partial charge in [0.05, 0.1) is 5.69 Å². The molecule has 78 valence electrons. The Balaban J connectivity index is 2.32. The molecule has 1 heterocycles. The van der Waals surface area contributed by atoms with E-state index in [0.29, 0.717) is 23.5 Å². The molecule has 1 amide bonds. The summed E-state index contributed by atoms with van der Waals surface area (Å²) < 4.78 is 3.68. The summed E-state index contributed by atoms with van der Waals surface area (Å²) in [7, 11) is 0. The molecule has 0 radical (unpaired) electrons. The van der Waals surface area contributed by atoms with E-state index in [0.717, 1.165) is 18.0 Å². The molecule has 0 spiro atoms. The highest BCUT2D eigenvalue weighted by atomic mass is 32.1. The molecule has 0 saturated carbocycles. The summed E-state index contributed by atoms with van der Waals surface area (Å²) in [5.74, 6) is -0.129. The van der Waals surface area contributed by atoms with Gasteiger partial charge in [-0.25, -0.2) is 0 Å². The molecule has 6 heteroatoms. The molecule has 0 aliphatic carbocycles. The van der Waals surface area contributed by atoms with E-state index in [1.807, 2.05) is 0 Å². The number of amides is 1. The number of nitrogens with zero attached hydrogens (tertiary/aromatic N) is 2. The Morgan fingerprint density at radius 1 is 1.57 bits per heavy atom. The highest BCUT2D eigenvalue weighted by Gasteiger charge is 2.11. The van der Waals surface area contributed by atoms with Crippen LogP contribution in [0.15, 0.2) is 0 Å². The lowest BCUT2D eigenvalue weighted by atomic mass is 10.3. The van der Waals surface area contributed by atoms with Crippen LogP contribution in [0.4, 0.5) is 0 Å². The summed E-state index contributed by atoms with van der Waals surface area (Å²) in [4.78, 5) is 12.0. The number of unbranched alkanes of at least 4 members (excludes halogenated alkanes) is 1. The predicted molar refractivity (Wildman–Crippen MR) is 53.3 cm³/mol. The number of carbonyl (C=O) groups is 1. The number of aryl methyl sites for hydroxylation is 1. The van der Waals surface area contributed by atoms with E-state index in [2.05, 4.69) is 14.9 Å². The molecule has 14 heavy (non-hydrogen) atoms. The molecule has 1 rings (SSSR count). The van der Waals surface area contributed by atoms with E-state index < -0.39 is 0 Å². The lowest BCUT2D eigenvalue weighted by Crippen LogP contribution is -2.24. The average molecular weight is 215 g/mol. The number of rotatable bonds is 5. The van der Waals surface area contributed by atoms with E-state index in [4.69, 9.17) is 5.11 Å². The zero-order valence-electron chi connectivity index (χ0n) is 7.99. The molecule has 2 N–H and O–H groups in total. The van der Waals surface area contributed by atoms with Crippen molar-refractivity contribution in [1.29, 1.82) is 0 Å². The maximum atomic E-state index is 11.4. The summed E-state index contributed by atoms with van der Waals surface area (Å²) in [6, 6.07) is 0. The third kappa shape index (κ3) is 3.04. The van der Waals surface area contributed by atoms with E-state index in [1.54, 1.807) is 6.92 Å². The molecule has 0 unspecified atom stereocenters. The Morgan fingerprint density at radius 2 is 2.36 bits per heavy atom. The second kappa shape index (κ2) is 5.66. The highest BCUT2D eigenvalue weighted by molar-refractivity contribution is 7.07. The van der Waals surface area contributed by atoms with Crippen molar-refractivity contribution < 1.29 is 9.90 Å². The van der Waals surface area contributed by atoms with Crippen LogP contribution in [-0.4, -0.2) is 33.8 Å². The lowest BCUT2D eigenvalue weighted by molar-refractivity contribution is 0.0955. The summed E-state index contributed by atoms with van der Waals surface area (Å²) in [6.07, 6.45) is 1.49. The number of aliphatic hydroxyl groups is 1. The van der Waals surface area contributed by atoms with Gasteiger partial charge in [0.25, 0.3) is 5.91 Å². The van der Waals surface area contributed by atoms with Crippen molar-refractivity contribution in [2.24, 2.45) is 0 Å². The van der Waals surface area contributed by atoms with Gasteiger partial charge in [0.15, 0.2) is 0 Å². The van der Waals surface area contributed by atoms with Crippen molar-refractivity contribution in [2.45, 2.75) is 19.8 Å². The molecule has 1 aromatic rings. The number of hydrogen-bond acceptors (Lipinski definition) is 5. The minimum absolute atomic E-state index is 0.129. The maximum absolute atomic E-state index is 11.4. The van der Waals surface area contributed by atoms with Crippen molar-refractivity contribution in [2.75, 3.05) is 13.2 Å². The first kappa shape index (κ1) is 11.1. The Morgan fingerprint density at radius 3 is 2.93 bits per heavy atom. The van der Waals surface area contributed by atoms with Gasteiger partial charge in [0.2, 0.25) is 0 Å². The van der Waals surface area contributed by atoms with Crippen LogP contribution in [-0.2, 0) is 0 Å². The van der Waals surface area contributed by atoms with Crippen LogP contribution in [0.25, 0.3) is 0 Å². The number of hydrogen-bond donors (Lipinski definition) is 2. The number of aromatic nitrogens is 2. The molecule has 1 aromatic heterocycles. The fourth-order valence-corrected chi connectivity index (χ4v) is 1.53. The lowest BCUT2D eigenvalue weighted by Gasteiger charge is -2.01. The van der Waals surface area contributed by atoms with Crippen LogP contribution < -0.4 is 5.32 Å². The first-order valence-corrected chi connectivity index (χ1v) is 5.21. The number of carbonyl (C=O) groups excluding carboxylic acids is 1. The summed E-state index contributed by atoms with van der Waals surface area (Å²) >= 11 is 1.10. The first-order valence-electron chi connectivity index (χ1n) is 4.43. The van der Waals surface area contributed by atoms with Gasteiger partial charge in [-0.15, -0.1) is 5.10 Å². The number of nitrogens with one attached hydrogen (secondary N) is 1. The largest absolute Gasteiger partial charge is 0.396 e. The van der Waals surface area contributed by atoms with Crippen molar-refractivity contribution in [1.82, 2.24) is 14.9 Å². The van der Waals surface area contributed by atoms with Crippen molar-refractivity contribution >= 4 is 17.4 Å². The smallest absolute Gasteiger partial charge is 0.264 e. The third-order valence-corrected chi connectivity index (χ3v) is 2.55. The summed E-state index contributed by atoms with van der Waals surface area (Å²) in [5.41, 5.74) is 0.662. The minimum Gasteiger partial charge on any atom is -0.396 e. The maximum Gasteiger partial charge on any atom is 0.264 e. The van der Waals surface area contributed by atoms with Gasteiger partial charge in [0, 0.05) is 13.2 Å². The van der Waals surface area contributed by atoms with Crippen molar-refractivity contribution in [3.05, 3.63) is 10.6 Å². The van der Waals surface area contributed by atoms with E-state index in [-0.39, 0.29) is 12.5 Å². The van der Waals surface area contributed by atoms with Gasteiger partial charge in [-0.05, 0) is 31.3 Å². The Kier molecular flexibility index (Phi) is 4.48. The van der Waals surface area contributed by atoms with E-state index >= 15 is 0 Å². The third-order valence-electron chi connectivity index (χ3n) is 1.73. The standard InChI is InChI=1S/C8H13N3O2S/c1-6-7(14-11-10-6)8(13)9-4-2-3-5-12/h12H,2-5H2,1H3,(H,9,13). The Hall–Kier alpha value is -1.01. The van der Waals surface area contributed by atoms with Crippen LogP contribution in [0, 0.1) is 6.92 Å². The summed E-state index contributed by atoms with van der Waals surface area (Å²) in [6.45, 7) is 2.50. The van der Waals surface area contributed by atoms with Gasteiger partial charge in [0.1, 0.15) is 4.88 Å². The molecule has 0 atom stereocenters. The fraction of sp³-hybridized carbons (Fsp3) is 0.625. The van der Waals surface area contributed by atoms with Gasteiger partial charge < -0.3 is 10.4 Å². The summed E-state index contributed by atoms with van der Waals surface area (Å²) in [5, 5.41) is 15.0. The predicted octanol–water partition coefficient (Wildman–Crippen LogP) is 0.349. The van der Waals surface area contributed by atoms with Crippen LogP contribution in [0.3, 0.4) is 0 Å². The van der Waals surface area contributed by atoms with E-state index in [1.165, 1.54) is 0 Å². The molecular formula is C8H13N3O2S. The van der Waals surface area contributed by atoms with Crippen molar-refractivity contribution in [3.63, 3.8) is 0 Å². The van der Waals surface area contributed by atoms with Crippen LogP contribution >= 0.6 is 11.5 Å². The Bertz CT molecular complexity index is 301. The van der Waals surface area contributed by atoms with Gasteiger partial charge in [-0.3, -0.25) is 4.79 Å². The zero-order valence-corrected chi connectivity index (χ0v) is 8.80. The molecule has 0 aliphatic heterocycles. The molecule has 0 fully saturated rings. The normalized spacial score (nSPS) is 10.1. The minimum atomic E-state index is -0.129. The average Bonchev–Trinajstić information content (AvgIpc) is 2.59. The van der Waals surface area contributed by atoms with Gasteiger partial charge in [-0.2, -0.15) is 0 Å². The highest BCUT2D eigenvalue weighted by Crippen LogP contribution is 2.08. The molecule has 0 bridgehead atoms. The molecule has 0 saturated heterocycles. The SMILES string of the molecule is Cc1nnsc1C(=O)NCCCCO. The second-order valence-electron chi connectivity index (χ2n) is 2.87. The molecular weight excluding hydrogens is 202 g/mol. The van der Waals surface area contributed by atoms with Gasteiger partial charge >= 0.3 is 0 Å². The first-order chi connectivity index (χ1) is 6.75. The molecule has 0 aliphatic rings. The van der Waals surface area contributed by atoms with Crippen molar-refractivity contribution in [3.8, 4) is 0 Å². The fourth-order valence-electron chi connectivity index (χ4n) is 0.959. The van der Waals surface area contributed by atoms with E-state index in [9.17, 15) is 4.79 Å². The van der Waals surface area contributed by atoms with Crippen LogP contribution in [0.5, 0.6) is 0 Å². The van der Waals surface area contributed by atoms with Crippen LogP contribution in [0.2, 0.25) is 0 Å².